The Kier molecular flexibility index (Phi) is 3.73. The summed E-state index contributed by atoms with van der Waals surface area (Å²) in [6.07, 6.45) is 3.04. The molecule has 6 heteroatoms. The average Bonchev–Trinajstić information content (AvgIpc) is 3.00. The Morgan fingerprint density at radius 3 is 3.16 bits per heavy atom. The van der Waals surface area contributed by atoms with Gasteiger partial charge in [0.1, 0.15) is 16.7 Å². The van der Waals surface area contributed by atoms with Crippen LogP contribution in [0.15, 0.2) is 11.4 Å². The smallest absolute Gasteiger partial charge is 0.346 e. The van der Waals surface area contributed by atoms with Crippen LogP contribution in [0.25, 0.3) is 0 Å². The van der Waals surface area contributed by atoms with E-state index in [-0.39, 0.29) is 11.7 Å². The number of hydrogen-bond donors (Lipinski definition) is 1. The molecule has 3 rings (SSSR count). The van der Waals surface area contributed by atoms with E-state index in [1.54, 1.807) is 11.4 Å². The van der Waals surface area contributed by atoms with E-state index in [0.29, 0.717) is 10.6 Å². The van der Waals surface area contributed by atoms with Crippen molar-refractivity contribution in [3.05, 3.63) is 16.3 Å². The van der Waals surface area contributed by atoms with E-state index in [4.69, 9.17) is 14.6 Å². The molecule has 0 bridgehead atoms. The molecule has 0 radical (unpaired) electrons. The second-order valence-corrected chi connectivity index (χ2v) is 7.03. The van der Waals surface area contributed by atoms with Crippen LogP contribution in [0.4, 0.5) is 0 Å². The fraction of sp³-hybridized carbons (Fsp3) is 0.615. The monoisotopic (exact) mass is 300 g/mol. The van der Waals surface area contributed by atoms with Crippen LogP contribution >= 0.6 is 23.1 Å². The van der Waals surface area contributed by atoms with Gasteiger partial charge in [0.25, 0.3) is 0 Å². The van der Waals surface area contributed by atoms with Gasteiger partial charge in [-0.25, -0.2) is 4.79 Å². The Morgan fingerprint density at radius 1 is 1.58 bits per heavy atom. The van der Waals surface area contributed by atoms with E-state index in [1.807, 2.05) is 11.8 Å². The van der Waals surface area contributed by atoms with Gasteiger partial charge in [0.05, 0.1) is 12.2 Å². The Hall–Kier alpha value is -0.720. The van der Waals surface area contributed by atoms with Crippen LogP contribution in [-0.4, -0.2) is 40.9 Å². The van der Waals surface area contributed by atoms with Gasteiger partial charge in [-0.2, -0.15) is 11.8 Å². The number of carbonyl (C=O) groups is 1. The van der Waals surface area contributed by atoms with Crippen LogP contribution < -0.4 is 4.74 Å². The minimum absolute atomic E-state index is 0.000761. The van der Waals surface area contributed by atoms with Crippen molar-refractivity contribution in [2.45, 2.75) is 31.0 Å². The molecule has 0 aromatic carbocycles. The van der Waals surface area contributed by atoms with Crippen molar-refractivity contribution in [2.75, 3.05) is 18.1 Å². The zero-order valence-electron chi connectivity index (χ0n) is 10.5. The van der Waals surface area contributed by atoms with Gasteiger partial charge in [-0.05, 0) is 12.2 Å². The Bertz CT molecular complexity index is 465. The van der Waals surface area contributed by atoms with Crippen LogP contribution in [0.5, 0.6) is 5.75 Å². The summed E-state index contributed by atoms with van der Waals surface area (Å²) in [5.74, 6) is 2.00. The number of ether oxygens (including phenoxy) is 2. The van der Waals surface area contributed by atoms with E-state index < -0.39 is 5.97 Å². The highest BCUT2D eigenvalue weighted by molar-refractivity contribution is 7.99. The maximum Gasteiger partial charge on any atom is 0.346 e. The second kappa shape index (κ2) is 5.34. The van der Waals surface area contributed by atoms with Gasteiger partial charge >= 0.3 is 5.97 Å². The number of carboxylic acid groups (broad SMARTS) is 1. The molecule has 104 valence electrons. The van der Waals surface area contributed by atoms with Crippen LogP contribution in [0, 0.1) is 0 Å². The summed E-state index contributed by atoms with van der Waals surface area (Å²) in [4.78, 5) is 11.2. The molecule has 2 fully saturated rings. The lowest BCUT2D eigenvalue weighted by Crippen LogP contribution is -2.43. The molecule has 0 saturated carbocycles. The Labute approximate surface area is 120 Å². The lowest BCUT2D eigenvalue weighted by molar-refractivity contribution is -0.0958. The van der Waals surface area contributed by atoms with Gasteiger partial charge in [0.15, 0.2) is 0 Å². The van der Waals surface area contributed by atoms with Crippen molar-refractivity contribution in [3.63, 3.8) is 0 Å². The van der Waals surface area contributed by atoms with Crippen LogP contribution in [-0.2, 0) is 4.74 Å². The molecule has 2 aliphatic rings. The van der Waals surface area contributed by atoms with Gasteiger partial charge in [-0.15, -0.1) is 11.3 Å². The molecule has 1 spiro atoms. The highest BCUT2D eigenvalue weighted by atomic mass is 32.2. The van der Waals surface area contributed by atoms with Gasteiger partial charge in [-0.3, -0.25) is 0 Å². The number of rotatable bonds is 3. The average molecular weight is 300 g/mol. The van der Waals surface area contributed by atoms with Crippen molar-refractivity contribution in [1.29, 1.82) is 0 Å². The van der Waals surface area contributed by atoms with E-state index >= 15 is 0 Å². The zero-order chi connectivity index (χ0) is 13.3. The molecular formula is C13H16O4S2. The number of aromatic carboxylic acids is 1. The number of thiophene rings is 1. The highest BCUT2D eigenvalue weighted by Crippen LogP contribution is 2.39. The Morgan fingerprint density at radius 2 is 2.47 bits per heavy atom. The third-order valence-corrected chi connectivity index (χ3v) is 5.72. The van der Waals surface area contributed by atoms with Crippen LogP contribution in [0.2, 0.25) is 0 Å². The number of carboxylic acids is 1. The summed E-state index contributed by atoms with van der Waals surface area (Å²) in [7, 11) is 0. The quantitative estimate of drug-likeness (QED) is 0.930. The summed E-state index contributed by atoms with van der Waals surface area (Å²) in [6.45, 7) is 0.737. The molecular weight excluding hydrogens is 284 g/mol. The third-order valence-electron chi connectivity index (χ3n) is 3.60. The molecule has 2 saturated heterocycles. The van der Waals surface area contributed by atoms with Crippen molar-refractivity contribution in [2.24, 2.45) is 0 Å². The van der Waals surface area contributed by atoms with Crippen molar-refractivity contribution < 1.29 is 19.4 Å². The van der Waals surface area contributed by atoms with Gasteiger partial charge in [0.2, 0.25) is 0 Å². The minimum atomic E-state index is -0.893. The van der Waals surface area contributed by atoms with Crippen molar-refractivity contribution >= 4 is 29.1 Å². The maximum atomic E-state index is 10.8. The lowest BCUT2D eigenvalue weighted by Gasteiger charge is -2.37. The molecule has 0 amide bonds. The van der Waals surface area contributed by atoms with Gasteiger partial charge < -0.3 is 14.6 Å². The summed E-state index contributed by atoms with van der Waals surface area (Å²) in [5.41, 5.74) is -0.000761. The third kappa shape index (κ3) is 2.90. The first-order valence-corrected chi connectivity index (χ1v) is 8.41. The Balaban J connectivity index is 1.64. The molecule has 2 unspecified atom stereocenters. The molecule has 3 heterocycles. The maximum absolute atomic E-state index is 10.8. The van der Waals surface area contributed by atoms with E-state index in [0.717, 1.165) is 37.4 Å². The molecule has 0 aliphatic carbocycles. The van der Waals surface area contributed by atoms with Crippen molar-refractivity contribution in [1.82, 2.24) is 0 Å². The summed E-state index contributed by atoms with van der Waals surface area (Å²) >= 11 is 3.15. The molecule has 1 N–H and O–H groups in total. The van der Waals surface area contributed by atoms with Crippen LogP contribution in [0.1, 0.15) is 28.9 Å². The number of thioether (sulfide) groups is 1. The molecule has 19 heavy (non-hydrogen) atoms. The van der Waals surface area contributed by atoms with Crippen molar-refractivity contribution in [3.8, 4) is 5.75 Å². The second-order valence-electron chi connectivity index (χ2n) is 5.02. The summed E-state index contributed by atoms with van der Waals surface area (Å²) in [6, 6.07) is 1.61. The molecule has 1 aromatic rings. The summed E-state index contributed by atoms with van der Waals surface area (Å²) < 4.78 is 11.9. The van der Waals surface area contributed by atoms with E-state index in [9.17, 15) is 4.79 Å². The molecule has 2 aliphatic heterocycles. The highest BCUT2D eigenvalue weighted by Gasteiger charge is 2.41. The largest absolute Gasteiger partial charge is 0.489 e. The van der Waals surface area contributed by atoms with E-state index in [1.165, 1.54) is 11.3 Å². The normalized spacial score (nSPS) is 30.6. The standard InChI is InChI=1S/C13H16O4S2/c14-12(15)11-5-10(7-19-11)17-9-1-3-16-13(6-9)2-4-18-8-13/h5,7,9H,1-4,6,8H2,(H,14,15). The first kappa shape index (κ1) is 13.3. The number of hydrogen-bond acceptors (Lipinski definition) is 5. The zero-order valence-corrected chi connectivity index (χ0v) is 12.1. The minimum Gasteiger partial charge on any atom is -0.489 e. The first-order valence-electron chi connectivity index (χ1n) is 6.37. The van der Waals surface area contributed by atoms with Crippen LogP contribution in [0.3, 0.4) is 0 Å². The molecule has 1 aromatic heterocycles. The van der Waals surface area contributed by atoms with E-state index in [2.05, 4.69) is 0 Å². The SMILES string of the molecule is O=C(O)c1cc(OC2CCOC3(CCSC3)C2)cs1. The lowest BCUT2D eigenvalue weighted by atomic mass is 9.91. The first-order chi connectivity index (χ1) is 9.17. The van der Waals surface area contributed by atoms with Gasteiger partial charge in [0, 0.05) is 30.0 Å². The molecule has 4 nitrogen and oxygen atoms in total. The predicted octanol–water partition coefficient (Wildman–Crippen LogP) is 2.88. The topological polar surface area (TPSA) is 55.8 Å². The van der Waals surface area contributed by atoms with Gasteiger partial charge in [-0.1, -0.05) is 0 Å². The predicted molar refractivity (Wildman–Crippen MR) is 75.6 cm³/mol. The molecule has 2 atom stereocenters. The summed E-state index contributed by atoms with van der Waals surface area (Å²) in [5, 5.41) is 10.7. The fourth-order valence-corrected chi connectivity index (χ4v) is 4.66. The fourth-order valence-electron chi connectivity index (χ4n) is 2.63.